The van der Waals surface area contributed by atoms with Crippen molar-refractivity contribution < 1.29 is 9.53 Å². The molecule has 0 spiro atoms. The number of benzene rings is 1. The summed E-state index contributed by atoms with van der Waals surface area (Å²) in [5.74, 6) is 1.07. The van der Waals surface area contributed by atoms with Gasteiger partial charge < -0.3 is 15.0 Å². The molecular formula is C20H28N4O3. The smallest absolute Gasteiger partial charge is 0.273 e. The first-order valence-corrected chi connectivity index (χ1v) is 9.45. The van der Waals surface area contributed by atoms with E-state index in [4.69, 9.17) is 4.74 Å². The number of aryl methyl sites for hydroxylation is 1. The van der Waals surface area contributed by atoms with Crippen molar-refractivity contribution in [3.05, 3.63) is 40.3 Å². The zero-order valence-electron chi connectivity index (χ0n) is 16.4. The van der Waals surface area contributed by atoms with Crippen molar-refractivity contribution in [3.63, 3.8) is 0 Å². The van der Waals surface area contributed by atoms with Gasteiger partial charge in [-0.05, 0) is 51.0 Å². The summed E-state index contributed by atoms with van der Waals surface area (Å²) in [7, 11) is 0. The van der Waals surface area contributed by atoms with E-state index in [2.05, 4.69) is 27.4 Å². The maximum Gasteiger partial charge on any atom is 0.273 e. The lowest BCUT2D eigenvalue weighted by atomic mass is 10.2. The summed E-state index contributed by atoms with van der Waals surface area (Å²) < 4.78 is 5.74. The van der Waals surface area contributed by atoms with Crippen molar-refractivity contribution in [1.82, 2.24) is 20.5 Å². The van der Waals surface area contributed by atoms with E-state index in [1.807, 2.05) is 45.0 Å². The Kier molecular flexibility index (Phi) is 7.52. The first-order valence-electron chi connectivity index (χ1n) is 9.45. The molecule has 0 bridgehead atoms. The van der Waals surface area contributed by atoms with Gasteiger partial charge in [-0.1, -0.05) is 13.8 Å². The van der Waals surface area contributed by atoms with Crippen LogP contribution >= 0.6 is 0 Å². The molecule has 2 N–H and O–H groups in total. The highest BCUT2D eigenvalue weighted by Crippen LogP contribution is 2.19. The van der Waals surface area contributed by atoms with Crippen molar-refractivity contribution in [2.75, 3.05) is 0 Å². The number of nitrogens with zero attached hydrogens (tertiary/aromatic N) is 2. The minimum Gasteiger partial charge on any atom is -0.491 e. The summed E-state index contributed by atoms with van der Waals surface area (Å²) in [6.45, 7) is 8.02. The molecule has 27 heavy (non-hydrogen) atoms. The van der Waals surface area contributed by atoms with Gasteiger partial charge in [-0.2, -0.15) is 0 Å². The molecule has 0 unspecified atom stereocenters. The van der Waals surface area contributed by atoms with Crippen LogP contribution in [0.3, 0.4) is 0 Å². The van der Waals surface area contributed by atoms with Crippen LogP contribution in [0, 0.1) is 0 Å². The normalized spacial score (nSPS) is 13.0. The molecule has 2 atom stereocenters. The second-order valence-corrected chi connectivity index (χ2v) is 6.69. The summed E-state index contributed by atoms with van der Waals surface area (Å²) in [5, 5.41) is 11.0. The quantitative estimate of drug-likeness (QED) is 0.705. The number of hydrogen-bond donors (Lipinski definition) is 2. The second kappa shape index (κ2) is 9.85. The maximum absolute atomic E-state index is 12.2. The molecule has 0 aliphatic rings. The van der Waals surface area contributed by atoms with Crippen LogP contribution in [0.2, 0.25) is 0 Å². The van der Waals surface area contributed by atoms with Crippen molar-refractivity contribution in [2.45, 2.75) is 65.5 Å². The van der Waals surface area contributed by atoms with Gasteiger partial charge in [0.15, 0.2) is 5.82 Å². The molecule has 2 aromatic rings. The van der Waals surface area contributed by atoms with E-state index in [-0.39, 0.29) is 42.1 Å². The number of rotatable bonds is 9. The van der Waals surface area contributed by atoms with Crippen LogP contribution in [0.25, 0.3) is 11.4 Å². The standard InChI is InChI=1S/C20H28N4O3/c1-5-13(3)21-18(25)12-11-17-20(26)22-19(24-23-17)15-7-9-16(10-8-15)27-14(4)6-2/h7-10,13-14H,5-6,11-12H2,1-4H3,(H,21,25)(H,22,24,26)/t13-,14-/m0/s1. The number of aromatic amines is 1. The predicted octanol–water partition coefficient (Wildman–Crippen LogP) is 2.86. The molecule has 0 aliphatic carbocycles. The molecule has 2 rings (SSSR count). The summed E-state index contributed by atoms with van der Waals surface area (Å²) >= 11 is 0. The molecule has 0 saturated carbocycles. The average molecular weight is 372 g/mol. The summed E-state index contributed by atoms with van der Waals surface area (Å²) in [4.78, 5) is 26.8. The first kappa shape index (κ1) is 20.6. The third kappa shape index (κ3) is 6.20. The predicted molar refractivity (Wildman–Crippen MR) is 105 cm³/mol. The fraction of sp³-hybridized carbons (Fsp3) is 0.500. The number of nitrogens with one attached hydrogen (secondary N) is 2. The minimum atomic E-state index is -0.323. The molecule has 1 aromatic heterocycles. The topological polar surface area (TPSA) is 97.0 Å². The molecule has 146 valence electrons. The Morgan fingerprint density at radius 2 is 1.85 bits per heavy atom. The number of aromatic nitrogens is 3. The number of hydrogen-bond acceptors (Lipinski definition) is 5. The van der Waals surface area contributed by atoms with Gasteiger partial charge in [0.2, 0.25) is 5.91 Å². The highest BCUT2D eigenvalue weighted by atomic mass is 16.5. The minimum absolute atomic E-state index is 0.0912. The fourth-order valence-corrected chi connectivity index (χ4v) is 2.34. The van der Waals surface area contributed by atoms with Crippen molar-refractivity contribution >= 4 is 5.91 Å². The number of amides is 1. The SMILES string of the molecule is CC[C@H](C)NC(=O)CCc1nnc(-c2ccc(O[C@@H](C)CC)cc2)[nH]c1=O. The Bertz CT molecular complexity index is 802. The second-order valence-electron chi connectivity index (χ2n) is 6.69. The lowest BCUT2D eigenvalue weighted by Gasteiger charge is -2.12. The Balaban J connectivity index is 2.01. The molecule has 0 radical (unpaired) electrons. The Morgan fingerprint density at radius 3 is 2.44 bits per heavy atom. The zero-order chi connectivity index (χ0) is 19.8. The molecule has 7 heteroatoms. The first-order chi connectivity index (χ1) is 12.9. The molecule has 0 fully saturated rings. The van der Waals surface area contributed by atoms with Crippen molar-refractivity contribution in [3.8, 4) is 17.1 Å². The molecule has 1 heterocycles. The Morgan fingerprint density at radius 1 is 1.15 bits per heavy atom. The van der Waals surface area contributed by atoms with Crippen LogP contribution in [0.1, 0.15) is 52.7 Å². The van der Waals surface area contributed by atoms with Crippen LogP contribution in [0.15, 0.2) is 29.1 Å². The summed E-state index contributed by atoms with van der Waals surface area (Å²) in [6, 6.07) is 7.47. The monoisotopic (exact) mass is 372 g/mol. The van der Waals surface area contributed by atoms with Crippen LogP contribution in [-0.4, -0.2) is 33.2 Å². The molecule has 0 aliphatic heterocycles. The molecule has 7 nitrogen and oxygen atoms in total. The van der Waals surface area contributed by atoms with Gasteiger partial charge in [0, 0.05) is 24.4 Å². The zero-order valence-corrected chi connectivity index (χ0v) is 16.4. The molecule has 0 saturated heterocycles. The van der Waals surface area contributed by atoms with E-state index >= 15 is 0 Å². The molecule has 1 amide bonds. The Hall–Kier alpha value is -2.70. The molecule has 1 aromatic carbocycles. The number of H-pyrrole nitrogens is 1. The third-order valence-electron chi connectivity index (χ3n) is 4.41. The lowest BCUT2D eigenvalue weighted by molar-refractivity contribution is -0.121. The van der Waals surface area contributed by atoms with E-state index in [1.165, 1.54) is 0 Å². The summed E-state index contributed by atoms with van der Waals surface area (Å²) in [6.07, 6.45) is 2.40. The van der Waals surface area contributed by atoms with Crippen molar-refractivity contribution in [1.29, 1.82) is 0 Å². The van der Waals surface area contributed by atoms with Gasteiger partial charge in [0.1, 0.15) is 11.4 Å². The van der Waals surface area contributed by atoms with E-state index in [0.717, 1.165) is 24.2 Å². The number of carbonyl (C=O) groups excluding carboxylic acids is 1. The average Bonchev–Trinajstić information content (AvgIpc) is 2.67. The fourth-order valence-electron chi connectivity index (χ4n) is 2.34. The highest BCUT2D eigenvalue weighted by molar-refractivity contribution is 5.76. The third-order valence-corrected chi connectivity index (χ3v) is 4.41. The number of carbonyl (C=O) groups is 1. The lowest BCUT2D eigenvalue weighted by Crippen LogP contribution is -2.32. The van der Waals surface area contributed by atoms with Crippen LogP contribution in [0.5, 0.6) is 5.75 Å². The van der Waals surface area contributed by atoms with E-state index in [0.29, 0.717) is 5.82 Å². The van der Waals surface area contributed by atoms with Gasteiger partial charge in [0.05, 0.1) is 6.10 Å². The van der Waals surface area contributed by atoms with E-state index in [1.54, 1.807) is 0 Å². The summed E-state index contributed by atoms with van der Waals surface area (Å²) in [5.41, 5.74) is 0.684. The van der Waals surface area contributed by atoms with Crippen molar-refractivity contribution in [2.24, 2.45) is 0 Å². The van der Waals surface area contributed by atoms with Gasteiger partial charge >= 0.3 is 0 Å². The van der Waals surface area contributed by atoms with Crippen LogP contribution in [-0.2, 0) is 11.2 Å². The van der Waals surface area contributed by atoms with E-state index < -0.39 is 0 Å². The largest absolute Gasteiger partial charge is 0.491 e. The highest BCUT2D eigenvalue weighted by Gasteiger charge is 2.11. The Labute approximate surface area is 159 Å². The number of ether oxygens (including phenoxy) is 1. The van der Waals surface area contributed by atoms with Gasteiger partial charge in [0.25, 0.3) is 5.56 Å². The van der Waals surface area contributed by atoms with Crippen LogP contribution < -0.4 is 15.6 Å². The van der Waals surface area contributed by atoms with Crippen LogP contribution in [0.4, 0.5) is 0 Å². The maximum atomic E-state index is 12.2. The van der Waals surface area contributed by atoms with Gasteiger partial charge in [-0.15, -0.1) is 10.2 Å². The van der Waals surface area contributed by atoms with Gasteiger partial charge in [-0.25, -0.2) is 0 Å². The van der Waals surface area contributed by atoms with E-state index in [9.17, 15) is 9.59 Å². The molecular weight excluding hydrogens is 344 g/mol. The van der Waals surface area contributed by atoms with Gasteiger partial charge in [-0.3, -0.25) is 9.59 Å².